The lowest BCUT2D eigenvalue weighted by molar-refractivity contribution is 0.756. The molecule has 0 aliphatic heterocycles. The molecule has 0 aliphatic carbocycles. The van der Waals surface area contributed by atoms with Gasteiger partial charge in [0.1, 0.15) is 0 Å². The van der Waals surface area contributed by atoms with E-state index < -0.39 is 0 Å². The fraction of sp³-hybridized carbons (Fsp3) is 0.125. The molecule has 0 aliphatic rings. The Labute approximate surface area is 135 Å². The molecule has 1 aromatic heterocycles. The van der Waals surface area contributed by atoms with Gasteiger partial charge in [0.2, 0.25) is 0 Å². The predicted octanol–water partition coefficient (Wildman–Crippen LogP) is 5.28. The van der Waals surface area contributed by atoms with E-state index in [9.17, 15) is 0 Å². The van der Waals surface area contributed by atoms with E-state index in [0.717, 1.165) is 27.7 Å². The Kier molecular flexibility index (Phi) is 4.13. The van der Waals surface area contributed by atoms with Crippen molar-refractivity contribution in [2.45, 2.75) is 6.54 Å². The molecule has 0 radical (unpaired) electrons. The van der Waals surface area contributed by atoms with Gasteiger partial charge in [-0.3, -0.25) is 0 Å². The van der Waals surface area contributed by atoms with Gasteiger partial charge in [-0.1, -0.05) is 30.3 Å². The third kappa shape index (κ3) is 2.76. The Bertz CT molecular complexity index is 734. The van der Waals surface area contributed by atoms with E-state index in [1.807, 2.05) is 18.2 Å². The van der Waals surface area contributed by atoms with Crippen LogP contribution in [0.5, 0.6) is 0 Å². The molecule has 3 aromatic rings. The standard InChI is InChI=1S/C16H14Br2N2/c17-13-6-2-3-7-15(13)19-9-10-20-11-14(18)12-5-1-4-8-16(12)20/h1-8,11,19H,9-10H2. The van der Waals surface area contributed by atoms with Crippen LogP contribution in [0.15, 0.2) is 63.7 Å². The van der Waals surface area contributed by atoms with Crippen molar-refractivity contribution < 1.29 is 0 Å². The number of nitrogens with one attached hydrogen (secondary N) is 1. The van der Waals surface area contributed by atoms with E-state index in [4.69, 9.17) is 0 Å². The van der Waals surface area contributed by atoms with Gasteiger partial charge >= 0.3 is 0 Å². The number of rotatable bonds is 4. The fourth-order valence-corrected chi connectivity index (χ4v) is 3.31. The lowest BCUT2D eigenvalue weighted by Crippen LogP contribution is -2.09. The van der Waals surface area contributed by atoms with Crippen LogP contribution < -0.4 is 5.32 Å². The highest BCUT2D eigenvalue weighted by Crippen LogP contribution is 2.26. The van der Waals surface area contributed by atoms with E-state index >= 15 is 0 Å². The second-order valence-corrected chi connectivity index (χ2v) is 6.30. The maximum absolute atomic E-state index is 3.62. The zero-order valence-corrected chi connectivity index (χ0v) is 14.0. The van der Waals surface area contributed by atoms with E-state index in [1.165, 1.54) is 10.9 Å². The van der Waals surface area contributed by atoms with Crippen molar-refractivity contribution in [3.8, 4) is 0 Å². The first-order valence-corrected chi connectivity index (χ1v) is 8.06. The average molecular weight is 394 g/mol. The van der Waals surface area contributed by atoms with Crippen LogP contribution in [0.1, 0.15) is 0 Å². The number of fused-ring (bicyclic) bond motifs is 1. The largest absolute Gasteiger partial charge is 0.382 e. The number of aromatic nitrogens is 1. The zero-order chi connectivity index (χ0) is 13.9. The van der Waals surface area contributed by atoms with Gasteiger partial charge in [0, 0.05) is 44.8 Å². The number of para-hydroxylation sites is 2. The van der Waals surface area contributed by atoms with Crippen molar-refractivity contribution in [2.75, 3.05) is 11.9 Å². The smallest absolute Gasteiger partial charge is 0.0492 e. The normalized spacial score (nSPS) is 10.9. The third-order valence-electron chi connectivity index (χ3n) is 3.28. The zero-order valence-electron chi connectivity index (χ0n) is 10.8. The van der Waals surface area contributed by atoms with Crippen molar-refractivity contribution >= 4 is 48.5 Å². The van der Waals surface area contributed by atoms with Gasteiger partial charge in [-0.15, -0.1) is 0 Å². The molecular formula is C16H14Br2N2. The molecule has 4 heteroatoms. The predicted molar refractivity (Wildman–Crippen MR) is 92.3 cm³/mol. The van der Waals surface area contributed by atoms with Crippen LogP contribution in [0.3, 0.4) is 0 Å². The van der Waals surface area contributed by atoms with E-state index in [2.05, 4.69) is 78.3 Å². The molecule has 2 aromatic carbocycles. The van der Waals surface area contributed by atoms with Gasteiger partial charge in [0.05, 0.1) is 0 Å². The van der Waals surface area contributed by atoms with Crippen LogP contribution in [0, 0.1) is 0 Å². The van der Waals surface area contributed by atoms with Crippen molar-refractivity contribution in [3.63, 3.8) is 0 Å². The van der Waals surface area contributed by atoms with Gasteiger partial charge in [0.15, 0.2) is 0 Å². The minimum atomic E-state index is 0.883. The summed E-state index contributed by atoms with van der Waals surface area (Å²) in [7, 11) is 0. The monoisotopic (exact) mass is 392 g/mol. The summed E-state index contributed by atoms with van der Waals surface area (Å²) in [6, 6.07) is 16.6. The molecule has 102 valence electrons. The van der Waals surface area contributed by atoms with E-state index in [-0.39, 0.29) is 0 Å². The van der Waals surface area contributed by atoms with Gasteiger partial charge in [-0.2, -0.15) is 0 Å². The summed E-state index contributed by atoms with van der Waals surface area (Å²) in [5.74, 6) is 0. The number of anilines is 1. The highest BCUT2D eigenvalue weighted by molar-refractivity contribution is 9.11. The molecule has 0 spiro atoms. The topological polar surface area (TPSA) is 17.0 Å². The Hall–Kier alpha value is -1.26. The minimum absolute atomic E-state index is 0.883. The van der Waals surface area contributed by atoms with E-state index in [1.54, 1.807) is 0 Å². The van der Waals surface area contributed by atoms with Crippen LogP contribution in [0.4, 0.5) is 5.69 Å². The first kappa shape index (κ1) is 13.7. The molecule has 3 rings (SSSR count). The molecule has 0 bridgehead atoms. The van der Waals surface area contributed by atoms with Gasteiger partial charge in [-0.05, 0) is 50.1 Å². The molecule has 2 nitrogen and oxygen atoms in total. The number of halogens is 2. The summed E-state index contributed by atoms with van der Waals surface area (Å²) >= 11 is 7.17. The Morgan fingerprint density at radius 2 is 1.65 bits per heavy atom. The number of nitrogens with zero attached hydrogens (tertiary/aromatic N) is 1. The Morgan fingerprint density at radius 1 is 0.900 bits per heavy atom. The average Bonchev–Trinajstić information content (AvgIpc) is 2.78. The quantitative estimate of drug-likeness (QED) is 0.638. The molecule has 0 amide bonds. The molecule has 0 fully saturated rings. The maximum atomic E-state index is 3.62. The molecular weight excluding hydrogens is 380 g/mol. The maximum Gasteiger partial charge on any atom is 0.0492 e. The molecule has 20 heavy (non-hydrogen) atoms. The molecule has 0 saturated carbocycles. The highest BCUT2D eigenvalue weighted by atomic mass is 79.9. The summed E-state index contributed by atoms with van der Waals surface area (Å²) < 4.78 is 4.51. The lowest BCUT2D eigenvalue weighted by Gasteiger charge is -2.09. The van der Waals surface area contributed by atoms with Crippen molar-refractivity contribution in [3.05, 3.63) is 63.7 Å². The SMILES string of the molecule is Brc1ccccc1NCCn1cc(Br)c2ccccc21. The third-order valence-corrected chi connectivity index (χ3v) is 4.61. The molecule has 0 atom stereocenters. The van der Waals surface area contributed by atoms with Crippen LogP contribution >= 0.6 is 31.9 Å². The van der Waals surface area contributed by atoms with Crippen LogP contribution in [-0.2, 0) is 6.54 Å². The van der Waals surface area contributed by atoms with Gasteiger partial charge in [0.25, 0.3) is 0 Å². The van der Waals surface area contributed by atoms with Crippen molar-refractivity contribution in [1.82, 2.24) is 4.57 Å². The summed E-state index contributed by atoms with van der Waals surface area (Å²) in [5.41, 5.74) is 2.39. The lowest BCUT2D eigenvalue weighted by atomic mass is 10.2. The van der Waals surface area contributed by atoms with Crippen molar-refractivity contribution in [1.29, 1.82) is 0 Å². The number of benzene rings is 2. The molecule has 0 unspecified atom stereocenters. The second-order valence-electron chi connectivity index (χ2n) is 4.59. The Morgan fingerprint density at radius 3 is 2.50 bits per heavy atom. The molecule has 1 N–H and O–H groups in total. The van der Waals surface area contributed by atoms with Crippen LogP contribution in [0.25, 0.3) is 10.9 Å². The molecule has 1 heterocycles. The van der Waals surface area contributed by atoms with E-state index in [0.29, 0.717) is 0 Å². The molecule has 0 saturated heterocycles. The van der Waals surface area contributed by atoms with Gasteiger partial charge < -0.3 is 9.88 Å². The van der Waals surface area contributed by atoms with Crippen LogP contribution in [-0.4, -0.2) is 11.1 Å². The van der Waals surface area contributed by atoms with Gasteiger partial charge in [-0.25, -0.2) is 0 Å². The number of hydrogen-bond acceptors (Lipinski definition) is 1. The first-order chi connectivity index (χ1) is 9.75. The highest BCUT2D eigenvalue weighted by Gasteiger charge is 2.05. The fourth-order valence-electron chi connectivity index (χ4n) is 2.30. The van der Waals surface area contributed by atoms with Crippen molar-refractivity contribution in [2.24, 2.45) is 0 Å². The first-order valence-electron chi connectivity index (χ1n) is 6.47. The number of hydrogen-bond donors (Lipinski definition) is 1. The van der Waals surface area contributed by atoms with Crippen LogP contribution in [0.2, 0.25) is 0 Å². The summed E-state index contributed by atoms with van der Waals surface area (Å²) in [6.45, 7) is 1.81. The summed E-state index contributed by atoms with van der Waals surface area (Å²) in [4.78, 5) is 0. The minimum Gasteiger partial charge on any atom is -0.382 e. The Balaban J connectivity index is 1.73. The second kappa shape index (κ2) is 6.02. The summed E-state index contributed by atoms with van der Waals surface area (Å²) in [6.07, 6.45) is 2.15. The summed E-state index contributed by atoms with van der Waals surface area (Å²) in [5, 5.41) is 4.71.